The minimum atomic E-state index is -0.715. The number of hydrogen-bond acceptors (Lipinski definition) is 8. The molecule has 4 N–H and O–H groups in total. The SMILES string of the molecule is CCN(c1cc(-c2ccc(N3CCNCC3)nc2)cc(C(=O)NCC(C(C)=N)C(=O)NC)c1C)C1CCOCC1. The zero-order valence-electron chi connectivity index (χ0n) is 24.2. The number of rotatable bonds is 10. The predicted octanol–water partition coefficient (Wildman–Crippen LogP) is 2.60. The van der Waals surface area contributed by atoms with Crippen LogP contribution >= 0.6 is 0 Å². The maximum absolute atomic E-state index is 13.6. The molecule has 10 heteroatoms. The van der Waals surface area contributed by atoms with Gasteiger partial charge < -0.3 is 35.9 Å². The highest BCUT2D eigenvalue weighted by Crippen LogP contribution is 2.34. The maximum atomic E-state index is 13.6. The van der Waals surface area contributed by atoms with E-state index in [2.05, 4.69) is 50.9 Å². The van der Waals surface area contributed by atoms with Crippen LogP contribution in [0.1, 0.15) is 42.6 Å². The topological polar surface area (TPSA) is 123 Å². The monoisotopic (exact) mass is 549 g/mol. The molecule has 2 amide bonds. The van der Waals surface area contributed by atoms with Crippen LogP contribution in [0.15, 0.2) is 30.5 Å². The molecule has 0 radical (unpaired) electrons. The van der Waals surface area contributed by atoms with E-state index < -0.39 is 5.92 Å². The first kappa shape index (κ1) is 29.5. The van der Waals surface area contributed by atoms with Crippen LogP contribution in [0.5, 0.6) is 0 Å². The number of nitrogens with one attached hydrogen (secondary N) is 4. The summed E-state index contributed by atoms with van der Waals surface area (Å²) in [6, 6.07) is 8.54. The van der Waals surface area contributed by atoms with E-state index >= 15 is 0 Å². The van der Waals surface area contributed by atoms with Crippen molar-refractivity contribution in [1.29, 1.82) is 5.41 Å². The summed E-state index contributed by atoms with van der Waals surface area (Å²) in [4.78, 5) is 35.3. The second kappa shape index (κ2) is 13.7. The summed E-state index contributed by atoms with van der Waals surface area (Å²) in [5.41, 5.74) is 4.54. The highest BCUT2D eigenvalue weighted by molar-refractivity contribution is 6.03. The molecule has 40 heavy (non-hydrogen) atoms. The lowest BCUT2D eigenvalue weighted by Gasteiger charge is -2.37. The van der Waals surface area contributed by atoms with E-state index in [0.717, 1.165) is 87.0 Å². The molecule has 216 valence electrons. The van der Waals surface area contributed by atoms with Crippen molar-refractivity contribution in [3.63, 3.8) is 0 Å². The van der Waals surface area contributed by atoms with Crippen molar-refractivity contribution in [2.45, 2.75) is 39.7 Å². The van der Waals surface area contributed by atoms with Crippen molar-refractivity contribution in [2.75, 3.05) is 69.3 Å². The molecule has 1 unspecified atom stereocenters. The highest BCUT2D eigenvalue weighted by Gasteiger charge is 2.26. The number of carbonyl (C=O) groups is 2. The van der Waals surface area contributed by atoms with Crippen LogP contribution in [0.25, 0.3) is 11.1 Å². The zero-order chi connectivity index (χ0) is 28.6. The predicted molar refractivity (Wildman–Crippen MR) is 160 cm³/mol. The largest absolute Gasteiger partial charge is 0.381 e. The number of carbonyl (C=O) groups excluding carboxylic acids is 2. The highest BCUT2D eigenvalue weighted by atomic mass is 16.5. The number of benzene rings is 1. The van der Waals surface area contributed by atoms with E-state index in [-0.39, 0.29) is 24.1 Å². The third-order valence-corrected chi connectivity index (χ3v) is 7.98. The zero-order valence-corrected chi connectivity index (χ0v) is 24.2. The number of piperazine rings is 1. The molecule has 2 aliphatic heterocycles. The van der Waals surface area contributed by atoms with Gasteiger partial charge in [0, 0.05) is 94.3 Å². The van der Waals surface area contributed by atoms with Gasteiger partial charge in [-0.3, -0.25) is 9.59 Å². The molecule has 0 saturated carbocycles. The first-order valence-corrected chi connectivity index (χ1v) is 14.3. The van der Waals surface area contributed by atoms with Gasteiger partial charge in [-0.1, -0.05) is 0 Å². The van der Waals surface area contributed by atoms with Crippen molar-refractivity contribution < 1.29 is 14.3 Å². The van der Waals surface area contributed by atoms with Gasteiger partial charge in [-0.15, -0.1) is 0 Å². The fourth-order valence-electron chi connectivity index (χ4n) is 5.57. The number of nitrogens with zero attached hydrogens (tertiary/aromatic N) is 3. The van der Waals surface area contributed by atoms with Crippen LogP contribution in [-0.2, 0) is 9.53 Å². The van der Waals surface area contributed by atoms with Gasteiger partial charge in [0.05, 0.1) is 5.92 Å². The summed E-state index contributed by atoms with van der Waals surface area (Å²) < 4.78 is 5.62. The van der Waals surface area contributed by atoms with Crippen LogP contribution < -0.4 is 25.8 Å². The Morgan fingerprint density at radius 2 is 1.93 bits per heavy atom. The molecule has 1 aromatic heterocycles. The molecular weight excluding hydrogens is 506 g/mol. The molecule has 0 aliphatic carbocycles. The molecule has 2 aliphatic rings. The number of aromatic nitrogens is 1. The smallest absolute Gasteiger partial charge is 0.251 e. The summed E-state index contributed by atoms with van der Waals surface area (Å²) in [7, 11) is 1.54. The summed E-state index contributed by atoms with van der Waals surface area (Å²) in [5, 5.41) is 16.9. The van der Waals surface area contributed by atoms with E-state index in [4.69, 9.17) is 15.1 Å². The fraction of sp³-hybridized carbons (Fsp3) is 0.533. The number of anilines is 2. The van der Waals surface area contributed by atoms with Gasteiger partial charge in [-0.25, -0.2) is 4.98 Å². The van der Waals surface area contributed by atoms with Crippen molar-refractivity contribution >= 4 is 29.0 Å². The van der Waals surface area contributed by atoms with Crippen molar-refractivity contribution in [3.8, 4) is 11.1 Å². The standard InChI is InChI=1S/C30H43N7O3/c1-5-37(24-8-14-40-15-9-24)27-17-23(22-6-7-28(34-18-22)36-12-10-33-11-13-36)16-25(20(27)2)30(39)35-19-26(21(3)31)29(38)32-4/h6-7,16-18,24,26,31,33H,5,8-15,19H2,1-4H3,(H,32,38)(H,35,39). The van der Waals surface area contributed by atoms with Crippen LogP contribution in [-0.4, -0.2) is 88.1 Å². The third kappa shape index (κ3) is 6.79. The molecule has 1 aromatic carbocycles. The van der Waals surface area contributed by atoms with Gasteiger partial charge in [0.2, 0.25) is 5.91 Å². The Morgan fingerprint density at radius 3 is 2.52 bits per heavy atom. The Morgan fingerprint density at radius 1 is 1.20 bits per heavy atom. The van der Waals surface area contributed by atoms with E-state index in [9.17, 15) is 9.59 Å². The molecule has 2 saturated heterocycles. The molecule has 10 nitrogen and oxygen atoms in total. The first-order valence-electron chi connectivity index (χ1n) is 14.3. The van der Waals surface area contributed by atoms with Gasteiger partial charge in [-0.2, -0.15) is 0 Å². The number of amides is 2. The summed E-state index contributed by atoms with van der Waals surface area (Å²) in [5.74, 6) is -0.307. The van der Waals surface area contributed by atoms with E-state index in [0.29, 0.717) is 11.6 Å². The molecule has 2 fully saturated rings. The van der Waals surface area contributed by atoms with Crippen LogP contribution in [0, 0.1) is 18.3 Å². The lowest BCUT2D eigenvalue weighted by Crippen LogP contribution is -2.43. The van der Waals surface area contributed by atoms with E-state index in [1.54, 1.807) is 6.92 Å². The molecule has 2 aromatic rings. The van der Waals surface area contributed by atoms with Gasteiger partial charge in [0.25, 0.3) is 5.91 Å². The summed E-state index contributed by atoms with van der Waals surface area (Å²) in [6.07, 6.45) is 3.76. The normalized spacial score (nSPS) is 16.8. The van der Waals surface area contributed by atoms with Crippen molar-refractivity contribution in [1.82, 2.24) is 20.9 Å². The van der Waals surface area contributed by atoms with Crippen molar-refractivity contribution in [3.05, 3.63) is 41.6 Å². The molecule has 1 atom stereocenters. The van der Waals surface area contributed by atoms with Crippen LogP contribution in [0.2, 0.25) is 0 Å². The quantitative estimate of drug-likeness (QED) is 0.336. The summed E-state index contributed by atoms with van der Waals surface area (Å²) >= 11 is 0. The second-order valence-electron chi connectivity index (χ2n) is 10.5. The Labute approximate surface area is 237 Å². The Balaban J connectivity index is 1.69. The van der Waals surface area contributed by atoms with E-state index in [1.807, 2.05) is 19.2 Å². The average molecular weight is 550 g/mol. The molecular formula is C30H43N7O3. The van der Waals surface area contributed by atoms with Gasteiger partial charge in [0.1, 0.15) is 5.82 Å². The molecule has 4 rings (SSSR count). The molecule has 3 heterocycles. The minimum absolute atomic E-state index is 0.0608. The number of hydrogen-bond donors (Lipinski definition) is 4. The first-order chi connectivity index (χ1) is 19.3. The lowest BCUT2D eigenvalue weighted by atomic mass is 9.95. The second-order valence-corrected chi connectivity index (χ2v) is 10.5. The third-order valence-electron chi connectivity index (χ3n) is 7.98. The Bertz CT molecular complexity index is 1190. The van der Waals surface area contributed by atoms with Gasteiger partial charge >= 0.3 is 0 Å². The van der Waals surface area contributed by atoms with Gasteiger partial charge in [0.15, 0.2) is 0 Å². The molecule has 0 bridgehead atoms. The van der Waals surface area contributed by atoms with Gasteiger partial charge in [-0.05, 0) is 69.0 Å². The number of pyridine rings is 1. The van der Waals surface area contributed by atoms with Crippen molar-refractivity contribution in [2.24, 2.45) is 5.92 Å². The number of ether oxygens (including phenoxy) is 1. The van der Waals surface area contributed by atoms with Crippen LogP contribution in [0.3, 0.4) is 0 Å². The maximum Gasteiger partial charge on any atom is 0.251 e. The molecule has 0 spiro atoms. The van der Waals surface area contributed by atoms with Crippen LogP contribution in [0.4, 0.5) is 11.5 Å². The Hall–Kier alpha value is -3.50. The fourth-order valence-corrected chi connectivity index (χ4v) is 5.57. The lowest BCUT2D eigenvalue weighted by molar-refractivity contribution is -0.122. The van der Waals surface area contributed by atoms with E-state index in [1.165, 1.54) is 7.05 Å². The summed E-state index contributed by atoms with van der Waals surface area (Å²) in [6.45, 7) is 11.8. The Kier molecular flexibility index (Phi) is 10.1. The average Bonchev–Trinajstić information content (AvgIpc) is 2.99. The minimum Gasteiger partial charge on any atom is -0.381 e.